The predicted molar refractivity (Wildman–Crippen MR) is 83.9 cm³/mol. The van der Waals surface area contributed by atoms with E-state index in [1.807, 2.05) is 43.5 Å². The zero-order chi connectivity index (χ0) is 16.1. The second-order valence-electron chi connectivity index (χ2n) is 4.80. The molecule has 116 valence electrons. The van der Waals surface area contributed by atoms with E-state index in [4.69, 9.17) is 16.4 Å². The minimum Gasteiger partial charge on any atom is -0.473 e. The molecular formula is C15H19N5O2. The first-order valence-corrected chi connectivity index (χ1v) is 6.73. The number of urea groups is 1. The molecule has 0 aliphatic heterocycles. The zero-order valence-corrected chi connectivity index (χ0v) is 12.5. The minimum atomic E-state index is -0.611. The Hall–Kier alpha value is -2.64. The molecular weight excluding hydrogens is 282 g/mol. The Kier molecular flexibility index (Phi) is 4.92. The second-order valence-corrected chi connectivity index (χ2v) is 4.80. The molecule has 1 aromatic heterocycles. The number of carbonyl (C=O) groups excluding carboxylic acids is 1. The normalized spacial score (nSPS) is 10.2. The lowest BCUT2D eigenvalue weighted by atomic mass is 10.1. The minimum absolute atomic E-state index is 0.240. The molecule has 0 aliphatic rings. The molecule has 0 fully saturated rings. The van der Waals surface area contributed by atoms with Crippen LogP contribution in [0.2, 0.25) is 0 Å². The molecule has 0 radical (unpaired) electrons. The van der Waals surface area contributed by atoms with E-state index < -0.39 is 6.03 Å². The summed E-state index contributed by atoms with van der Waals surface area (Å²) in [6, 6.07) is 10.4. The Morgan fingerprint density at radius 3 is 2.68 bits per heavy atom. The predicted octanol–water partition coefficient (Wildman–Crippen LogP) is 1.54. The highest BCUT2D eigenvalue weighted by molar-refractivity contribution is 5.91. The van der Waals surface area contributed by atoms with Gasteiger partial charge in [0.15, 0.2) is 0 Å². The van der Waals surface area contributed by atoms with E-state index in [0.717, 1.165) is 21.8 Å². The summed E-state index contributed by atoms with van der Waals surface area (Å²) in [5.74, 6) is 11.4. The molecule has 0 atom stereocenters. The standard InChI is InChI=1S/C15H19N5O2/c1-10-5-3-7-13(20(17)15(21)19-16)12(10)9-22-14-8-4-6-11(2)18-14/h3-8H,9,16-17H2,1-2H3,(H,19,21). The summed E-state index contributed by atoms with van der Waals surface area (Å²) in [5, 5.41) is 0.954. The number of rotatable bonds is 4. The number of benzene rings is 1. The van der Waals surface area contributed by atoms with Gasteiger partial charge in [-0.25, -0.2) is 26.5 Å². The lowest BCUT2D eigenvalue weighted by molar-refractivity contribution is 0.246. The van der Waals surface area contributed by atoms with Gasteiger partial charge in [0.05, 0.1) is 5.69 Å². The van der Waals surface area contributed by atoms with Gasteiger partial charge in [-0.2, -0.15) is 0 Å². The Bertz CT molecular complexity index is 675. The van der Waals surface area contributed by atoms with Crippen LogP contribution in [0.25, 0.3) is 0 Å². The molecule has 2 rings (SSSR count). The summed E-state index contributed by atoms with van der Waals surface area (Å²) in [6.45, 7) is 4.04. The summed E-state index contributed by atoms with van der Waals surface area (Å²) in [5.41, 5.74) is 5.13. The average Bonchev–Trinajstić information content (AvgIpc) is 2.52. The lowest BCUT2D eigenvalue weighted by Gasteiger charge is -2.21. The summed E-state index contributed by atoms with van der Waals surface area (Å²) in [7, 11) is 0. The molecule has 2 aromatic rings. The first-order chi connectivity index (χ1) is 10.5. The first kappa shape index (κ1) is 15.7. The summed E-state index contributed by atoms with van der Waals surface area (Å²) in [6.07, 6.45) is 0. The number of pyridine rings is 1. The van der Waals surface area contributed by atoms with Crippen LogP contribution in [-0.4, -0.2) is 11.0 Å². The summed E-state index contributed by atoms with van der Waals surface area (Å²) >= 11 is 0. The number of nitrogens with two attached hydrogens (primary N) is 2. The number of nitrogens with zero attached hydrogens (tertiary/aromatic N) is 2. The number of ether oxygens (including phenoxy) is 1. The van der Waals surface area contributed by atoms with Gasteiger partial charge in [-0.3, -0.25) is 5.43 Å². The summed E-state index contributed by atoms with van der Waals surface area (Å²) in [4.78, 5) is 15.9. The molecule has 5 N–H and O–H groups in total. The largest absolute Gasteiger partial charge is 0.473 e. The molecule has 7 nitrogen and oxygen atoms in total. The number of hydrogen-bond acceptors (Lipinski definition) is 5. The van der Waals surface area contributed by atoms with Gasteiger partial charge in [-0.15, -0.1) is 0 Å². The SMILES string of the molecule is Cc1cccc(OCc2c(C)cccc2N(N)C(=O)NN)n1. The van der Waals surface area contributed by atoms with Gasteiger partial charge in [0.2, 0.25) is 5.88 Å². The topological polar surface area (TPSA) is 106 Å². The van der Waals surface area contributed by atoms with Crippen molar-refractivity contribution in [2.45, 2.75) is 20.5 Å². The molecule has 7 heteroatoms. The van der Waals surface area contributed by atoms with Crippen molar-refractivity contribution < 1.29 is 9.53 Å². The quantitative estimate of drug-likeness (QED) is 0.451. The molecule has 0 spiro atoms. The van der Waals surface area contributed by atoms with E-state index in [0.29, 0.717) is 11.6 Å². The monoisotopic (exact) mass is 301 g/mol. The maximum absolute atomic E-state index is 11.6. The highest BCUT2D eigenvalue weighted by Crippen LogP contribution is 2.23. The average molecular weight is 301 g/mol. The van der Waals surface area contributed by atoms with Crippen molar-refractivity contribution in [3.8, 4) is 5.88 Å². The molecule has 2 amide bonds. The molecule has 0 unspecified atom stereocenters. The van der Waals surface area contributed by atoms with Gasteiger partial charge in [0, 0.05) is 17.3 Å². The highest BCUT2D eigenvalue weighted by Gasteiger charge is 2.16. The van der Waals surface area contributed by atoms with E-state index in [1.165, 1.54) is 0 Å². The van der Waals surface area contributed by atoms with E-state index >= 15 is 0 Å². The van der Waals surface area contributed by atoms with Gasteiger partial charge in [0.25, 0.3) is 0 Å². The van der Waals surface area contributed by atoms with Crippen LogP contribution in [0.4, 0.5) is 10.5 Å². The third-order valence-corrected chi connectivity index (χ3v) is 3.21. The smallest absolute Gasteiger partial charge is 0.350 e. The number of hydrazine groups is 2. The third kappa shape index (κ3) is 3.51. The highest BCUT2D eigenvalue weighted by atomic mass is 16.5. The van der Waals surface area contributed by atoms with Crippen LogP contribution in [0.5, 0.6) is 5.88 Å². The molecule has 0 saturated heterocycles. The maximum Gasteiger partial charge on any atom is 0.350 e. The van der Waals surface area contributed by atoms with Crippen molar-refractivity contribution >= 4 is 11.7 Å². The van der Waals surface area contributed by atoms with Gasteiger partial charge >= 0.3 is 6.03 Å². The van der Waals surface area contributed by atoms with Crippen LogP contribution >= 0.6 is 0 Å². The number of hydrogen-bond donors (Lipinski definition) is 3. The first-order valence-electron chi connectivity index (χ1n) is 6.73. The molecule has 0 aliphatic carbocycles. The van der Waals surface area contributed by atoms with Crippen LogP contribution in [0.3, 0.4) is 0 Å². The van der Waals surface area contributed by atoms with E-state index in [2.05, 4.69) is 4.98 Å². The fourth-order valence-corrected chi connectivity index (χ4v) is 2.02. The molecule has 1 heterocycles. The fraction of sp³-hybridized carbons (Fsp3) is 0.200. The van der Waals surface area contributed by atoms with Crippen molar-refractivity contribution in [2.75, 3.05) is 5.01 Å². The number of amides is 2. The Morgan fingerprint density at radius 1 is 1.27 bits per heavy atom. The fourth-order valence-electron chi connectivity index (χ4n) is 2.02. The molecule has 1 aromatic carbocycles. The second kappa shape index (κ2) is 6.88. The van der Waals surface area contributed by atoms with Crippen molar-refractivity contribution in [3.63, 3.8) is 0 Å². The van der Waals surface area contributed by atoms with Crippen molar-refractivity contribution in [3.05, 3.63) is 53.2 Å². The Balaban J connectivity index is 2.24. The molecule has 22 heavy (non-hydrogen) atoms. The van der Waals surface area contributed by atoms with E-state index in [-0.39, 0.29) is 6.61 Å². The lowest BCUT2D eigenvalue weighted by Crippen LogP contribution is -2.48. The van der Waals surface area contributed by atoms with E-state index in [9.17, 15) is 4.79 Å². The van der Waals surface area contributed by atoms with Crippen LogP contribution in [0.15, 0.2) is 36.4 Å². The zero-order valence-electron chi connectivity index (χ0n) is 12.5. The van der Waals surface area contributed by atoms with Gasteiger partial charge < -0.3 is 4.74 Å². The van der Waals surface area contributed by atoms with Crippen LogP contribution in [0.1, 0.15) is 16.8 Å². The molecule has 0 saturated carbocycles. The maximum atomic E-state index is 11.6. The third-order valence-electron chi connectivity index (χ3n) is 3.21. The van der Waals surface area contributed by atoms with E-state index in [1.54, 1.807) is 12.1 Å². The van der Waals surface area contributed by atoms with Crippen LogP contribution in [0, 0.1) is 13.8 Å². The number of carbonyl (C=O) groups is 1. The number of aryl methyl sites for hydroxylation is 2. The van der Waals surface area contributed by atoms with Gasteiger partial charge in [-0.1, -0.05) is 18.2 Å². The number of nitrogens with one attached hydrogen (secondary N) is 1. The Labute approximate surface area is 128 Å². The van der Waals surface area contributed by atoms with Gasteiger partial charge in [0.1, 0.15) is 6.61 Å². The van der Waals surface area contributed by atoms with Crippen molar-refractivity contribution in [1.29, 1.82) is 0 Å². The summed E-state index contributed by atoms with van der Waals surface area (Å²) < 4.78 is 5.70. The number of anilines is 1. The molecule has 0 bridgehead atoms. The number of aromatic nitrogens is 1. The van der Waals surface area contributed by atoms with Crippen LogP contribution in [-0.2, 0) is 6.61 Å². The van der Waals surface area contributed by atoms with Crippen LogP contribution < -0.4 is 26.9 Å². The Morgan fingerprint density at radius 2 is 2.00 bits per heavy atom. The van der Waals surface area contributed by atoms with Gasteiger partial charge in [-0.05, 0) is 31.5 Å². The van der Waals surface area contributed by atoms with Crippen molar-refractivity contribution in [2.24, 2.45) is 11.7 Å². The van der Waals surface area contributed by atoms with Crippen molar-refractivity contribution in [1.82, 2.24) is 10.4 Å².